The van der Waals surface area contributed by atoms with Crippen LogP contribution in [0.3, 0.4) is 0 Å². The molecule has 0 aliphatic heterocycles. The number of carbonyl (C=O) groups is 1. The van der Waals surface area contributed by atoms with Gasteiger partial charge in [-0.2, -0.15) is 5.10 Å². The quantitative estimate of drug-likeness (QED) is 0.772. The Hall–Kier alpha value is -2.63. The molecule has 1 aromatic carbocycles. The number of nitrogens with one attached hydrogen (secondary N) is 1. The van der Waals surface area contributed by atoms with Crippen molar-refractivity contribution in [3.8, 4) is 0 Å². The lowest BCUT2D eigenvalue weighted by atomic mass is 10.1. The largest absolute Gasteiger partial charge is 0.451 e. The van der Waals surface area contributed by atoms with Crippen molar-refractivity contribution in [1.82, 2.24) is 20.1 Å². The van der Waals surface area contributed by atoms with Crippen LogP contribution in [0.4, 0.5) is 0 Å². The fourth-order valence-corrected chi connectivity index (χ4v) is 3.34. The third-order valence-corrected chi connectivity index (χ3v) is 4.90. The standard InChI is InChI=1S/C19H22N4O2/c1-4-23-18(20-10-21-23)16(13-6-7-13)22-19(24)17-12(3)14-9-11(2)5-8-15(14)25-17/h5,8-10,13,16H,4,6-7H2,1-3H3,(H,22,24)/t16-/m1/s1. The van der Waals surface area contributed by atoms with E-state index in [0.29, 0.717) is 11.7 Å². The molecule has 0 saturated heterocycles. The van der Waals surface area contributed by atoms with E-state index in [-0.39, 0.29) is 11.9 Å². The SMILES string of the molecule is CCn1ncnc1[C@H](NC(=O)c1oc2ccc(C)cc2c1C)C1CC1. The summed E-state index contributed by atoms with van der Waals surface area (Å²) in [5.74, 6) is 1.44. The number of benzene rings is 1. The topological polar surface area (TPSA) is 73.0 Å². The number of hydrogen-bond donors (Lipinski definition) is 1. The Kier molecular flexibility index (Phi) is 3.82. The lowest BCUT2D eigenvalue weighted by molar-refractivity contribution is 0.0901. The summed E-state index contributed by atoms with van der Waals surface area (Å²) in [7, 11) is 0. The Labute approximate surface area is 146 Å². The highest BCUT2D eigenvalue weighted by atomic mass is 16.3. The van der Waals surface area contributed by atoms with Crippen molar-refractivity contribution >= 4 is 16.9 Å². The van der Waals surface area contributed by atoms with Crippen molar-refractivity contribution in [2.24, 2.45) is 5.92 Å². The molecule has 0 spiro atoms. The minimum Gasteiger partial charge on any atom is -0.451 e. The summed E-state index contributed by atoms with van der Waals surface area (Å²) in [5, 5.41) is 8.36. The fourth-order valence-electron chi connectivity index (χ4n) is 3.34. The Morgan fingerprint density at radius 1 is 1.40 bits per heavy atom. The number of fused-ring (bicyclic) bond motifs is 1. The molecule has 25 heavy (non-hydrogen) atoms. The van der Waals surface area contributed by atoms with Gasteiger partial charge in [0.1, 0.15) is 17.7 Å². The molecule has 2 aromatic heterocycles. The van der Waals surface area contributed by atoms with Crippen molar-refractivity contribution in [2.75, 3.05) is 0 Å². The first-order valence-electron chi connectivity index (χ1n) is 8.76. The third-order valence-electron chi connectivity index (χ3n) is 4.90. The summed E-state index contributed by atoms with van der Waals surface area (Å²) in [6, 6.07) is 5.84. The molecule has 0 radical (unpaired) electrons. The molecule has 130 valence electrons. The highest BCUT2D eigenvalue weighted by molar-refractivity contribution is 5.99. The molecule has 1 atom stereocenters. The number of amides is 1. The van der Waals surface area contributed by atoms with Crippen LogP contribution in [-0.4, -0.2) is 20.7 Å². The molecule has 0 bridgehead atoms. The van der Waals surface area contributed by atoms with E-state index < -0.39 is 0 Å². The van der Waals surface area contributed by atoms with Crippen LogP contribution < -0.4 is 5.32 Å². The summed E-state index contributed by atoms with van der Waals surface area (Å²) in [6.45, 7) is 6.72. The molecule has 1 amide bonds. The zero-order valence-electron chi connectivity index (χ0n) is 14.7. The summed E-state index contributed by atoms with van der Waals surface area (Å²) in [4.78, 5) is 17.3. The van der Waals surface area contributed by atoms with Gasteiger partial charge in [0.25, 0.3) is 5.91 Å². The summed E-state index contributed by atoms with van der Waals surface area (Å²) in [6.07, 6.45) is 3.75. The molecule has 1 saturated carbocycles. The maximum absolute atomic E-state index is 12.9. The average Bonchev–Trinajstić information content (AvgIpc) is 3.25. The first-order valence-corrected chi connectivity index (χ1v) is 8.76. The number of nitrogens with zero attached hydrogens (tertiary/aromatic N) is 3. The fraction of sp³-hybridized carbons (Fsp3) is 0.421. The average molecular weight is 338 g/mol. The van der Waals surface area contributed by atoms with Crippen LogP contribution in [0.15, 0.2) is 28.9 Å². The maximum Gasteiger partial charge on any atom is 0.287 e. The van der Waals surface area contributed by atoms with E-state index in [1.165, 1.54) is 0 Å². The normalized spacial score (nSPS) is 15.5. The van der Waals surface area contributed by atoms with E-state index in [1.807, 2.05) is 37.6 Å². The molecule has 1 fully saturated rings. The molecule has 1 N–H and O–H groups in total. The lowest BCUT2D eigenvalue weighted by Gasteiger charge is -2.17. The zero-order valence-corrected chi connectivity index (χ0v) is 14.7. The molecule has 6 nitrogen and oxygen atoms in total. The van der Waals surface area contributed by atoms with Gasteiger partial charge in [-0.25, -0.2) is 9.67 Å². The van der Waals surface area contributed by atoms with Gasteiger partial charge >= 0.3 is 0 Å². The monoisotopic (exact) mass is 338 g/mol. The van der Waals surface area contributed by atoms with Gasteiger partial charge in [0.15, 0.2) is 5.76 Å². The van der Waals surface area contributed by atoms with Crippen LogP contribution in [-0.2, 0) is 6.54 Å². The number of aromatic nitrogens is 3. The Balaban J connectivity index is 1.65. The van der Waals surface area contributed by atoms with Crippen LogP contribution in [0.1, 0.15) is 53.3 Å². The smallest absolute Gasteiger partial charge is 0.287 e. The number of rotatable bonds is 5. The van der Waals surface area contributed by atoms with Gasteiger partial charge in [-0.15, -0.1) is 0 Å². The van der Waals surface area contributed by atoms with Crippen LogP contribution in [0.5, 0.6) is 0 Å². The number of hydrogen-bond acceptors (Lipinski definition) is 4. The van der Waals surface area contributed by atoms with Gasteiger partial charge in [0, 0.05) is 17.5 Å². The van der Waals surface area contributed by atoms with Crippen LogP contribution >= 0.6 is 0 Å². The van der Waals surface area contributed by atoms with Crippen molar-refractivity contribution < 1.29 is 9.21 Å². The number of aryl methyl sites for hydroxylation is 3. The Morgan fingerprint density at radius 3 is 2.92 bits per heavy atom. The van der Waals surface area contributed by atoms with E-state index in [9.17, 15) is 4.79 Å². The lowest BCUT2D eigenvalue weighted by Crippen LogP contribution is -2.32. The molecular formula is C19H22N4O2. The van der Waals surface area contributed by atoms with E-state index >= 15 is 0 Å². The Morgan fingerprint density at radius 2 is 2.20 bits per heavy atom. The summed E-state index contributed by atoms with van der Waals surface area (Å²) < 4.78 is 7.68. The van der Waals surface area contributed by atoms with Crippen LogP contribution in [0.2, 0.25) is 0 Å². The highest BCUT2D eigenvalue weighted by Crippen LogP contribution is 2.40. The first kappa shape index (κ1) is 15.9. The van der Waals surface area contributed by atoms with Crippen molar-refractivity contribution in [2.45, 2.75) is 46.2 Å². The first-order chi connectivity index (χ1) is 12.1. The van der Waals surface area contributed by atoms with Gasteiger partial charge in [-0.05, 0) is 51.7 Å². The summed E-state index contributed by atoms with van der Waals surface area (Å²) >= 11 is 0. The molecule has 1 aliphatic rings. The van der Waals surface area contributed by atoms with Gasteiger partial charge in [0.05, 0.1) is 6.04 Å². The Bertz CT molecular complexity index is 936. The molecule has 6 heteroatoms. The molecule has 0 unspecified atom stereocenters. The number of carbonyl (C=O) groups excluding carboxylic acids is 1. The number of furan rings is 1. The second kappa shape index (κ2) is 6.02. The molecule has 2 heterocycles. The predicted molar refractivity (Wildman–Crippen MR) is 94.3 cm³/mol. The zero-order chi connectivity index (χ0) is 17.6. The molecule has 4 rings (SSSR count). The van der Waals surface area contributed by atoms with E-state index in [1.54, 1.807) is 6.33 Å². The van der Waals surface area contributed by atoms with Gasteiger partial charge in [-0.1, -0.05) is 11.6 Å². The van der Waals surface area contributed by atoms with Crippen molar-refractivity contribution in [3.05, 3.63) is 47.2 Å². The van der Waals surface area contributed by atoms with Gasteiger partial charge < -0.3 is 9.73 Å². The minimum absolute atomic E-state index is 0.121. The highest BCUT2D eigenvalue weighted by Gasteiger charge is 2.37. The molecular weight excluding hydrogens is 316 g/mol. The van der Waals surface area contributed by atoms with Crippen LogP contribution in [0.25, 0.3) is 11.0 Å². The summed E-state index contributed by atoms with van der Waals surface area (Å²) in [5.41, 5.74) is 2.77. The van der Waals surface area contributed by atoms with Crippen LogP contribution in [0, 0.1) is 19.8 Å². The minimum atomic E-state index is -0.186. The predicted octanol–water partition coefficient (Wildman–Crippen LogP) is 3.54. The maximum atomic E-state index is 12.9. The molecule has 1 aliphatic carbocycles. The van der Waals surface area contributed by atoms with Gasteiger partial charge in [-0.3, -0.25) is 4.79 Å². The third kappa shape index (κ3) is 2.81. The van der Waals surface area contributed by atoms with Crippen molar-refractivity contribution in [3.63, 3.8) is 0 Å². The van der Waals surface area contributed by atoms with Crippen molar-refractivity contribution in [1.29, 1.82) is 0 Å². The van der Waals surface area contributed by atoms with E-state index in [4.69, 9.17) is 4.42 Å². The van der Waals surface area contributed by atoms with Gasteiger partial charge in [0.2, 0.25) is 0 Å². The second-order valence-corrected chi connectivity index (χ2v) is 6.78. The van der Waals surface area contributed by atoms with E-state index in [0.717, 1.165) is 47.3 Å². The molecule has 3 aromatic rings. The second-order valence-electron chi connectivity index (χ2n) is 6.78. The van der Waals surface area contributed by atoms with E-state index in [2.05, 4.69) is 21.5 Å².